The molecule has 0 fully saturated rings. The first-order chi connectivity index (χ1) is 12.1. The number of carbonyl (C=O) groups excluding carboxylic acids is 1. The monoisotopic (exact) mass is 334 g/mol. The largest absolute Gasteiger partial charge is 0.302 e. The first kappa shape index (κ1) is 16.3. The average Bonchev–Trinajstić information content (AvgIpc) is 2.88. The fourth-order valence-corrected chi connectivity index (χ4v) is 2.50. The molecule has 1 aliphatic rings. The molecule has 0 saturated heterocycles. The first-order valence-corrected chi connectivity index (χ1v) is 7.49. The lowest BCUT2D eigenvalue weighted by molar-refractivity contribution is -0.384. The van der Waals surface area contributed by atoms with E-state index in [9.17, 15) is 14.9 Å². The molecule has 1 amide bonds. The zero-order valence-electron chi connectivity index (χ0n) is 13.2. The van der Waals surface area contributed by atoms with Crippen LogP contribution in [0.4, 0.5) is 11.4 Å². The number of amides is 1. The van der Waals surface area contributed by atoms with E-state index in [-0.39, 0.29) is 17.3 Å². The summed E-state index contributed by atoms with van der Waals surface area (Å²) in [5.41, 5.74) is 2.41. The summed E-state index contributed by atoms with van der Waals surface area (Å²) < 4.78 is 0. The van der Waals surface area contributed by atoms with Crippen molar-refractivity contribution in [2.24, 2.45) is 10.2 Å². The van der Waals surface area contributed by atoms with Gasteiger partial charge in [-0.05, 0) is 23.8 Å². The number of nitro benzene ring substituents is 1. The maximum Gasteiger partial charge on any atom is 0.279 e. The summed E-state index contributed by atoms with van der Waals surface area (Å²) >= 11 is 0. The highest BCUT2D eigenvalue weighted by molar-refractivity contribution is 6.54. The van der Waals surface area contributed by atoms with Gasteiger partial charge in [0.15, 0.2) is 5.71 Å². The van der Waals surface area contributed by atoms with Gasteiger partial charge in [-0.2, -0.15) is 5.10 Å². The molecule has 124 valence electrons. The van der Waals surface area contributed by atoms with Crippen molar-refractivity contribution in [1.82, 2.24) is 0 Å². The van der Waals surface area contributed by atoms with Crippen molar-refractivity contribution in [1.29, 1.82) is 0 Å². The normalized spacial score (nSPS) is 15.0. The van der Waals surface area contributed by atoms with Crippen LogP contribution in [0.3, 0.4) is 0 Å². The van der Waals surface area contributed by atoms with Gasteiger partial charge in [0, 0.05) is 24.2 Å². The molecule has 7 heteroatoms. The van der Waals surface area contributed by atoms with E-state index < -0.39 is 4.92 Å². The number of para-hydroxylation sites is 1. The number of anilines is 1. The summed E-state index contributed by atoms with van der Waals surface area (Å²) in [6.07, 6.45) is 3.10. The number of non-ortho nitro benzene ring substituents is 1. The van der Waals surface area contributed by atoms with Crippen LogP contribution in [0, 0.1) is 10.1 Å². The molecule has 0 unspecified atom stereocenters. The Labute approximate surface area is 143 Å². The minimum absolute atomic E-state index is 0.00317. The minimum atomic E-state index is -0.469. The highest BCUT2D eigenvalue weighted by atomic mass is 16.6. The Hall–Kier alpha value is -3.61. The van der Waals surface area contributed by atoms with E-state index in [0.717, 1.165) is 11.3 Å². The van der Waals surface area contributed by atoms with Crippen LogP contribution in [0.15, 0.2) is 71.4 Å². The number of nitro groups is 1. The molecular weight excluding hydrogens is 320 g/mol. The lowest BCUT2D eigenvalue weighted by Crippen LogP contribution is -2.30. The third-order valence-electron chi connectivity index (χ3n) is 3.68. The predicted octanol–water partition coefficient (Wildman–Crippen LogP) is 2.95. The fourth-order valence-electron chi connectivity index (χ4n) is 2.50. The van der Waals surface area contributed by atoms with Crippen molar-refractivity contribution in [3.63, 3.8) is 0 Å². The van der Waals surface area contributed by atoms with Crippen molar-refractivity contribution in [2.75, 3.05) is 11.4 Å². The molecule has 0 aliphatic carbocycles. The van der Waals surface area contributed by atoms with Crippen LogP contribution in [-0.4, -0.2) is 29.3 Å². The lowest BCUT2D eigenvalue weighted by atomic mass is 10.1. The lowest BCUT2D eigenvalue weighted by Gasteiger charge is -2.13. The van der Waals surface area contributed by atoms with Gasteiger partial charge in [-0.15, -0.1) is 11.7 Å². The standard InChI is InChI=1S/C18H14N4O3/c1-2-11-21-16-6-4-3-5-15(16)17(18(21)23)20-19-12-13-7-9-14(10-8-13)22(24)25/h2-10,12H,1,11H2/b19-12-,20-17-. The van der Waals surface area contributed by atoms with Crippen molar-refractivity contribution in [3.8, 4) is 0 Å². The van der Waals surface area contributed by atoms with Gasteiger partial charge in [0.2, 0.25) is 0 Å². The number of hydrogen-bond donors (Lipinski definition) is 0. The molecule has 1 heterocycles. The molecule has 0 radical (unpaired) electrons. The Morgan fingerprint density at radius 3 is 2.56 bits per heavy atom. The number of fused-ring (bicyclic) bond motifs is 1. The molecule has 0 N–H and O–H groups in total. The van der Waals surface area contributed by atoms with Gasteiger partial charge in [-0.25, -0.2) is 0 Å². The second kappa shape index (κ2) is 6.88. The number of nitrogens with zero attached hydrogens (tertiary/aromatic N) is 4. The van der Waals surface area contributed by atoms with E-state index in [0.29, 0.717) is 12.1 Å². The molecule has 2 aromatic rings. The molecule has 1 aliphatic heterocycles. The Bertz CT molecular complexity index is 901. The second-order valence-electron chi connectivity index (χ2n) is 5.26. The van der Waals surface area contributed by atoms with Crippen LogP contribution >= 0.6 is 0 Å². The number of benzene rings is 2. The smallest absolute Gasteiger partial charge is 0.279 e. The van der Waals surface area contributed by atoms with Gasteiger partial charge in [-0.3, -0.25) is 14.9 Å². The van der Waals surface area contributed by atoms with Gasteiger partial charge in [0.1, 0.15) is 0 Å². The molecule has 0 bridgehead atoms. The van der Waals surface area contributed by atoms with E-state index in [2.05, 4.69) is 16.8 Å². The molecule has 3 rings (SSSR count). The quantitative estimate of drug-likeness (QED) is 0.364. The molecule has 25 heavy (non-hydrogen) atoms. The molecule has 0 spiro atoms. The molecule has 0 aromatic heterocycles. The molecule has 0 atom stereocenters. The van der Waals surface area contributed by atoms with E-state index in [1.54, 1.807) is 23.1 Å². The van der Waals surface area contributed by atoms with Crippen LogP contribution in [0.5, 0.6) is 0 Å². The van der Waals surface area contributed by atoms with Gasteiger partial charge < -0.3 is 4.90 Å². The van der Waals surface area contributed by atoms with Gasteiger partial charge >= 0.3 is 0 Å². The second-order valence-corrected chi connectivity index (χ2v) is 5.26. The van der Waals surface area contributed by atoms with Crippen LogP contribution in [0.1, 0.15) is 11.1 Å². The van der Waals surface area contributed by atoms with Crippen LogP contribution < -0.4 is 4.90 Å². The molecule has 7 nitrogen and oxygen atoms in total. The molecule has 0 saturated carbocycles. The highest BCUT2D eigenvalue weighted by Crippen LogP contribution is 2.28. The number of carbonyl (C=O) groups is 1. The minimum Gasteiger partial charge on any atom is -0.302 e. The summed E-state index contributed by atoms with van der Waals surface area (Å²) in [5, 5.41) is 18.7. The zero-order chi connectivity index (χ0) is 17.8. The Morgan fingerprint density at radius 2 is 1.88 bits per heavy atom. The zero-order valence-corrected chi connectivity index (χ0v) is 13.2. The fraction of sp³-hybridized carbons (Fsp3) is 0.0556. The van der Waals surface area contributed by atoms with Crippen LogP contribution in [-0.2, 0) is 4.79 Å². The van der Waals surface area contributed by atoms with E-state index >= 15 is 0 Å². The SMILES string of the molecule is C=CCN1C(=O)/C(=N\N=C/c2ccc([N+](=O)[O-])cc2)c2ccccc21. The summed E-state index contributed by atoms with van der Waals surface area (Å²) in [6, 6.07) is 13.2. The Balaban J connectivity index is 1.87. The third kappa shape index (κ3) is 3.20. The first-order valence-electron chi connectivity index (χ1n) is 7.49. The summed E-state index contributed by atoms with van der Waals surface area (Å²) in [4.78, 5) is 24.3. The van der Waals surface area contributed by atoms with Crippen molar-refractivity contribution in [2.45, 2.75) is 0 Å². The van der Waals surface area contributed by atoms with E-state index in [4.69, 9.17) is 0 Å². The summed E-state index contributed by atoms with van der Waals surface area (Å²) in [7, 11) is 0. The van der Waals surface area contributed by atoms with E-state index in [1.807, 2.05) is 24.3 Å². The number of hydrogen-bond acceptors (Lipinski definition) is 5. The Kier molecular flexibility index (Phi) is 4.47. The van der Waals surface area contributed by atoms with Crippen LogP contribution in [0.25, 0.3) is 0 Å². The third-order valence-corrected chi connectivity index (χ3v) is 3.68. The van der Waals surface area contributed by atoms with Gasteiger partial charge in [0.25, 0.3) is 11.6 Å². The average molecular weight is 334 g/mol. The topological polar surface area (TPSA) is 88.2 Å². The Morgan fingerprint density at radius 1 is 1.16 bits per heavy atom. The molecule has 2 aromatic carbocycles. The maximum atomic E-state index is 12.5. The highest BCUT2D eigenvalue weighted by Gasteiger charge is 2.32. The molecular formula is C18H14N4O3. The van der Waals surface area contributed by atoms with Crippen LogP contribution in [0.2, 0.25) is 0 Å². The van der Waals surface area contributed by atoms with Gasteiger partial charge in [0.05, 0.1) is 16.8 Å². The number of rotatable bonds is 5. The van der Waals surface area contributed by atoms with E-state index in [1.165, 1.54) is 18.3 Å². The maximum absolute atomic E-state index is 12.5. The summed E-state index contributed by atoms with van der Waals surface area (Å²) in [6.45, 7) is 4.06. The van der Waals surface area contributed by atoms with Gasteiger partial charge in [-0.1, -0.05) is 24.3 Å². The van der Waals surface area contributed by atoms with Crippen molar-refractivity contribution in [3.05, 3.63) is 82.4 Å². The summed E-state index contributed by atoms with van der Waals surface area (Å²) in [5.74, 6) is -0.234. The van der Waals surface area contributed by atoms with Crippen molar-refractivity contribution >= 4 is 29.2 Å². The van der Waals surface area contributed by atoms with Crippen molar-refractivity contribution < 1.29 is 9.72 Å². The predicted molar refractivity (Wildman–Crippen MR) is 96.2 cm³/mol.